The summed E-state index contributed by atoms with van der Waals surface area (Å²) in [6, 6.07) is 4.46. The number of halogens is 1. The standard InChI is InChI=1S/C14H21ClN2O3S/c1-20-14-5-4-12(9-13(14)15)21(18,19)17-8-6-11-3-2-7-16-10-11/h4-5,9,11,16-17H,2-3,6-8,10H2,1H3. The lowest BCUT2D eigenvalue weighted by molar-refractivity contribution is 0.358. The van der Waals surface area contributed by atoms with Gasteiger partial charge in [0.2, 0.25) is 10.0 Å². The van der Waals surface area contributed by atoms with E-state index >= 15 is 0 Å². The first-order chi connectivity index (χ1) is 10.0. The van der Waals surface area contributed by atoms with E-state index in [0.717, 1.165) is 32.4 Å². The quantitative estimate of drug-likeness (QED) is 0.836. The van der Waals surface area contributed by atoms with Crippen molar-refractivity contribution < 1.29 is 13.2 Å². The molecular weight excluding hydrogens is 312 g/mol. The van der Waals surface area contributed by atoms with Crippen molar-refractivity contribution in [3.8, 4) is 5.75 Å². The Morgan fingerprint density at radius 1 is 1.48 bits per heavy atom. The minimum absolute atomic E-state index is 0.162. The molecular formula is C14H21ClN2O3S. The zero-order chi connectivity index (χ0) is 15.3. The Balaban J connectivity index is 1.93. The molecule has 0 bridgehead atoms. The van der Waals surface area contributed by atoms with Crippen LogP contribution in [0.3, 0.4) is 0 Å². The third-order valence-corrected chi connectivity index (χ3v) is 5.43. The third-order valence-electron chi connectivity index (χ3n) is 3.68. The van der Waals surface area contributed by atoms with Gasteiger partial charge in [0.15, 0.2) is 0 Å². The molecule has 0 aliphatic carbocycles. The molecule has 0 saturated carbocycles. The second kappa shape index (κ2) is 7.45. The highest BCUT2D eigenvalue weighted by Crippen LogP contribution is 2.26. The number of hydrogen-bond acceptors (Lipinski definition) is 4. The molecule has 1 aliphatic heterocycles. The first-order valence-electron chi connectivity index (χ1n) is 7.07. The molecule has 0 amide bonds. The van der Waals surface area contributed by atoms with E-state index in [4.69, 9.17) is 16.3 Å². The van der Waals surface area contributed by atoms with Crippen LogP contribution >= 0.6 is 11.6 Å². The molecule has 0 aromatic heterocycles. The number of piperidine rings is 1. The van der Waals surface area contributed by atoms with Crippen LogP contribution in [0.1, 0.15) is 19.3 Å². The van der Waals surface area contributed by atoms with Crippen molar-refractivity contribution in [1.29, 1.82) is 0 Å². The van der Waals surface area contributed by atoms with Crippen LogP contribution in [0.15, 0.2) is 23.1 Å². The van der Waals surface area contributed by atoms with E-state index in [-0.39, 0.29) is 9.92 Å². The molecule has 1 unspecified atom stereocenters. The van der Waals surface area contributed by atoms with Gasteiger partial charge in [0.1, 0.15) is 5.75 Å². The lowest BCUT2D eigenvalue weighted by Crippen LogP contribution is -2.33. The predicted octanol–water partition coefficient (Wildman–Crippen LogP) is 2.02. The van der Waals surface area contributed by atoms with Crippen LogP contribution < -0.4 is 14.8 Å². The fourth-order valence-corrected chi connectivity index (χ4v) is 3.86. The summed E-state index contributed by atoms with van der Waals surface area (Å²) in [6.07, 6.45) is 3.16. The fourth-order valence-electron chi connectivity index (χ4n) is 2.47. The molecule has 1 heterocycles. The molecule has 2 N–H and O–H groups in total. The lowest BCUT2D eigenvalue weighted by atomic mass is 9.96. The first-order valence-corrected chi connectivity index (χ1v) is 8.93. The van der Waals surface area contributed by atoms with Crippen molar-refractivity contribution >= 4 is 21.6 Å². The summed E-state index contributed by atoms with van der Waals surface area (Å²) in [5.74, 6) is 1.00. The van der Waals surface area contributed by atoms with Gasteiger partial charge in [0, 0.05) is 6.54 Å². The third kappa shape index (κ3) is 4.57. The monoisotopic (exact) mass is 332 g/mol. The maximum atomic E-state index is 12.2. The fraction of sp³-hybridized carbons (Fsp3) is 0.571. The Kier molecular flexibility index (Phi) is 5.87. The van der Waals surface area contributed by atoms with Gasteiger partial charge in [-0.3, -0.25) is 0 Å². The van der Waals surface area contributed by atoms with E-state index in [1.165, 1.54) is 19.2 Å². The van der Waals surface area contributed by atoms with Crippen molar-refractivity contribution in [1.82, 2.24) is 10.0 Å². The molecule has 1 aromatic carbocycles. The highest BCUT2D eigenvalue weighted by atomic mass is 35.5. The average Bonchev–Trinajstić information content (AvgIpc) is 2.48. The van der Waals surface area contributed by atoms with Crippen molar-refractivity contribution in [3.05, 3.63) is 23.2 Å². The summed E-state index contributed by atoms with van der Waals surface area (Å²) in [6.45, 7) is 2.47. The van der Waals surface area contributed by atoms with Crippen LogP contribution in [0.2, 0.25) is 5.02 Å². The SMILES string of the molecule is COc1ccc(S(=O)(=O)NCCC2CCCNC2)cc1Cl. The van der Waals surface area contributed by atoms with Gasteiger partial charge in [0.25, 0.3) is 0 Å². The minimum Gasteiger partial charge on any atom is -0.495 e. The number of sulfonamides is 1. The van der Waals surface area contributed by atoms with Crippen LogP contribution in [-0.4, -0.2) is 35.2 Å². The van der Waals surface area contributed by atoms with Crippen molar-refractivity contribution in [2.75, 3.05) is 26.7 Å². The van der Waals surface area contributed by atoms with Gasteiger partial charge in [-0.15, -0.1) is 0 Å². The van der Waals surface area contributed by atoms with E-state index in [1.807, 2.05) is 0 Å². The van der Waals surface area contributed by atoms with Crippen molar-refractivity contribution in [3.63, 3.8) is 0 Å². The zero-order valence-electron chi connectivity index (χ0n) is 12.1. The molecule has 1 saturated heterocycles. The lowest BCUT2D eigenvalue weighted by Gasteiger charge is -2.22. The number of hydrogen-bond donors (Lipinski definition) is 2. The van der Waals surface area contributed by atoms with Gasteiger partial charge in [-0.1, -0.05) is 11.6 Å². The van der Waals surface area contributed by atoms with Gasteiger partial charge in [-0.2, -0.15) is 0 Å². The second-order valence-corrected chi connectivity index (χ2v) is 7.37. The number of benzene rings is 1. The Morgan fingerprint density at radius 3 is 2.90 bits per heavy atom. The second-order valence-electron chi connectivity index (χ2n) is 5.20. The van der Waals surface area contributed by atoms with Crippen LogP contribution in [0, 0.1) is 5.92 Å². The molecule has 21 heavy (non-hydrogen) atoms. The van der Waals surface area contributed by atoms with Gasteiger partial charge >= 0.3 is 0 Å². The van der Waals surface area contributed by atoms with Gasteiger partial charge in [-0.05, 0) is 56.5 Å². The maximum Gasteiger partial charge on any atom is 0.240 e. The highest BCUT2D eigenvalue weighted by molar-refractivity contribution is 7.89. The highest BCUT2D eigenvalue weighted by Gasteiger charge is 2.17. The molecule has 1 fully saturated rings. The molecule has 1 aromatic rings. The number of ether oxygens (including phenoxy) is 1. The zero-order valence-corrected chi connectivity index (χ0v) is 13.6. The Hall–Kier alpha value is -0.820. The van der Waals surface area contributed by atoms with Crippen molar-refractivity contribution in [2.45, 2.75) is 24.2 Å². The summed E-state index contributed by atoms with van der Waals surface area (Å²) in [7, 11) is -2.03. The summed E-state index contributed by atoms with van der Waals surface area (Å²) >= 11 is 5.97. The minimum atomic E-state index is -3.52. The largest absolute Gasteiger partial charge is 0.495 e. The number of nitrogens with one attached hydrogen (secondary N) is 2. The van der Waals surface area contributed by atoms with Crippen LogP contribution in [0.4, 0.5) is 0 Å². The normalized spacial score (nSPS) is 19.4. The van der Waals surface area contributed by atoms with Crippen molar-refractivity contribution in [2.24, 2.45) is 5.92 Å². The Morgan fingerprint density at radius 2 is 2.29 bits per heavy atom. The molecule has 1 atom stereocenters. The van der Waals surface area contributed by atoms with E-state index in [0.29, 0.717) is 18.2 Å². The number of methoxy groups -OCH3 is 1. The molecule has 0 spiro atoms. The average molecular weight is 333 g/mol. The molecule has 0 radical (unpaired) electrons. The topological polar surface area (TPSA) is 67.4 Å². The van der Waals surface area contributed by atoms with E-state index in [9.17, 15) is 8.42 Å². The maximum absolute atomic E-state index is 12.2. The molecule has 1 aliphatic rings. The van der Waals surface area contributed by atoms with Crippen LogP contribution in [0.5, 0.6) is 5.75 Å². The Labute approximate surface area is 131 Å². The summed E-state index contributed by atoms with van der Waals surface area (Å²) < 4.78 is 32.1. The summed E-state index contributed by atoms with van der Waals surface area (Å²) in [5.41, 5.74) is 0. The molecule has 118 valence electrons. The number of rotatable bonds is 6. The van der Waals surface area contributed by atoms with E-state index in [2.05, 4.69) is 10.0 Å². The molecule has 5 nitrogen and oxygen atoms in total. The first kappa shape index (κ1) is 16.5. The van der Waals surface area contributed by atoms with E-state index in [1.54, 1.807) is 6.07 Å². The van der Waals surface area contributed by atoms with Gasteiger partial charge in [-0.25, -0.2) is 13.1 Å². The smallest absolute Gasteiger partial charge is 0.240 e. The van der Waals surface area contributed by atoms with Gasteiger partial charge in [0.05, 0.1) is 17.0 Å². The van der Waals surface area contributed by atoms with Crippen LogP contribution in [-0.2, 0) is 10.0 Å². The predicted molar refractivity (Wildman–Crippen MR) is 83.4 cm³/mol. The summed E-state index contributed by atoms with van der Waals surface area (Å²) in [5, 5.41) is 3.61. The molecule has 2 rings (SSSR count). The summed E-state index contributed by atoms with van der Waals surface area (Å²) in [4.78, 5) is 0.162. The van der Waals surface area contributed by atoms with E-state index < -0.39 is 10.0 Å². The van der Waals surface area contributed by atoms with Crippen LogP contribution in [0.25, 0.3) is 0 Å². The Bertz CT molecular complexity index is 572. The molecule has 7 heteroatoms. The van der Waals surface area contributed by atoms with Gasteiger partial charge < -0.3 is 10.1 Å².